The molecule has 9 heteroatoms. The first-order chi connectivity index (χ1) is 14.4. The Balaban J connectivity index is 1.77. The number of carbonyl (C=O) groups is 1. The number of ether oxygens (including phenoxy) is 2. The fourth-order valence-electron chi connectivity index (χ4n) is 2.79. The van der Waals surface area contributed by atoms with Gasteiger partial charge in [-0.15, -0.1) is 0 Å². The van der Waals surface area contributed by atoms with Crippen molar-refractivity contribution in [3.8, 4) is 22.8 Å². The summed E-state index contributed by atoms with van der Waals surface area (Å²) < 4.78 is 38.8. The quantitative estimate of drug-likeness (QED) is 0.641. The van der Waals surface area contributed by atoms with Crippen LogP contribution in [0.15, 0.2) is 53.3 Å². The molecule has 3 aromatic rings. The number of nitrogens with one attached hydrogen (secondary N) is 1. The summed E-state index contributed by atoms with van der Waals surface area (Å²) in [5.74, 6) is -1.12. The summed E-state index contributed by atoms with van der Waals surface area (Å²) in [5, 5.41) is 6.60. The normalized spacial score (nSPS) is 10.5. The van der Waals surface area contributed by atoms with Gasteiger partial charge in [0.25, 0.3) is 5.56 Å². The lowest BCUT2D eigenvalue weighted by Crippen LogP contribution is -2.33. The number of methoxy groups -OCH3 is 2. The zero-order valence-corrected chi connectivity index (χ0v) is 16.3. The summed E-state index contributed by atoms with van der Waals surface area (Å²) in [5.41, 5.74) is 0.329. The molecular formula is C21H19F2N3O4. The first kappa shape index (κ1) is 21.0. The molecule has 0 fully saturated rings. The van der Waals surface area contributed by atoms with Gasteiger partial charge < -0.3 is 14.8 Å². The molecule has 156 valence electrons. The summed E-state index contributed by atoms with van der Waals surface area (Å²) in [7, 11) is 3.01. The number of nitrogens with zero attached hydrogens (tertiary/aromatic N) is 2. The molecule has 0 unspecified atom stereocenters. The number of rotatable bonds is 7. The van der Waals surface area contributed by atoms with Gasteiger partial charge in [0.15, 0.2) is 11.5 Å². The Morgan fingerprint density at radius 1 is 1.03 bits per heavy atom. The van der Waals surface area contributed by atoms with Crippen LogP contribution < -0.4 is 20.3 Å². The van der Waals surface area contributed by atoms with Gasteiger partial charge in [-0.3, -0.25) is 9.59 Å². The average Bonchev–Trinajstić information content (AvgIpc) is 2.74. The third-order valence-electron chi connectivity index (χ3n) is 4.36. The molecule has 0 bridgehead atoms. The molecule has 0 saturated heterocycles. The van der Waals surface area contributed by atoms with Crippen LogP contribution in [0.5, 0.6) is 11.5 Å². The van der Waals surface area contributed by atoms with E-state index in [0.29, 0.717) is 22.8 Å². The standard InChI is InChI=1S/C21H19F2N3O4/c1-29-18-8-6-13(10-19(18)30-2)17-7-9-21(28)26(25-17)12-20(27)24-11-14-15(22)4-3-5-16(14)23/h3-10H,11-12H2,1-2H3,(H,24,27). The first-order valence-corrected chi connectivity index (χ1v) is 8.93. The maximum atomic E-state index is 13.7. The minimum absolute atomic E-state index is 0.259. The van der Waals surface area contributed by atoms with Crippen molar-refractivity contribution in [2.75, 3.05) is 14.2 Å². The minimum atomic E-state index is -0.763. The van der Waals surface area contributed by atoms with Gasteiger partial charge in [0.05, 0.1) is 19.9 Å². The number of hydrogen-bond donors (Lipinski definition) is 1. The maximum Gasteiger partial charge on any atom is 0.267 e. The maximum absolute atomic E-state index is 13.7. The van der Waals surface area contributed by atoms with Crippen molar-refractivity contribution in [2.45, 2.75) is 13.1 Å². The van der Waals surface area contributed by atoms with E-state index in [9.17, 15) is 18.4 Å². The Bertz CT molecular complexity index is 1110. The highest BCUT2D eigenvalue weighted by Crippen LogP contribution is 2.31. The van der Waals surface area contributed by atoms with Crippen molar-refractivity contribution in [1.29, 1.82) is 0 Å². The Labute approximate surface area is 170 Å². The molecule has 0 radical (unpaired) electrons. The summed E-state index contributed by atoms with van der Waals surface area (Å²) in [6.45, 7) is -0.752. The highest BCUT2D eigenvalue weighted by atomic mass is 19.1. The zero-order valence-electron chi connectivity index (χ0n) is 16.3. The number of hydrogen-bond acceptors (Lipinski definition) is 5. The molecule has 3 rings (SSSR count). The number of aromatic nitrogens is 2. The van der Waals surface area contributed by atoms with E-state index in [0.717, 1.165) is 16.8 Å². The lowest BCUT2D eigenvalue weighted by Gasteiger charge is -2.11. The lowest BCUT2D eigenvalue weighted by atomic mass is 10.1. The molecule has 0 aliphatic rings. The van der Waals surface area contributed by atoms with E-state index in [2.05, 4.69) is 10.4 Å². The summed E-state index contributed by atoms with van der Waals surface area (Å²) in [6, 6.07) is 11.4. The van der Waals surface area contributed by atoms with Crippen LogP contribution in [0.1, 0.15) is 5.56 Å². The van der Waals surface area contributed by atoms with Crippen LogP contribution in [0.4, 0.5) is 8.78 Å². The predicted molar refractivity (Wildman–Crippen MR) is 105 cm³/mol. The summed E-state index contributed by atoms with van der Waals surface area (Å²) in [4.78, 5) is 24.3. The van der Waals surface area contributed by atoms with E-state index in [4.69, 9.17) is 9.47 Å². The lowest BCUT2D eigenvalue weighted by molar-refractivity contribution is -0.122. The van der Waals surface area contributed by atoms with Crippen LogP contribution in [0, 0.1) is 11.6 Å². The topological polar surface area (TPSA) is 82.5 Å². The summed E-state index contributed by atoms with van der Waals surface area (Å²) in [6.07, 6.45) is 0. The molecule has 2 aromatic carbocycles. The van der Waals surface area contributed by atoms with Gasteiger partial charge in [0.1, 0.15) is 18.2 Å². The van der Waals surface area contributed by atoms with Gasteiger partial charge in [0, 0.05) is 23.7 Å². The SMILES string of the molecule is COc1ccc(-c2ccc(=O)n(CC(=O)NCc3c(F)cccc3F)n2)cc1OC. The van der Waals surface area contributed by atoms with Gasteiger partial charge in [-0.1, -0.05) is 6.07 Å². The summed E-state index contributed by atoms with van der Waals surface area (Å²) >= 11 is 0. The van der Waals surface area contributed by atoms with E-state index in [1.54, 1.807) is 18.2 Å². The van der Waals surface area contributed by atoms with Gasteiger partial charge in [0.2, 0.25) is 5.91 Å². The molecule has 1 amide bonds. The average molecular weight is 415 g/mol. The van der Waals surface area contributed by atoms with E-state index >= 15 is 0 Å². The molecule has 0 atom stereocenters. The van der Waals surface area contributed by atoms with Gasteiger partial charge in [-0.05, 0) is 36.4 Å². The van der Waals surface area contributed by atoms with Crippen LogP contribution in [-0.4, -0.2) is 29.9 Å². The molecule has 0 aliphatic heterocycles. The second-order valence-corrected chi connectivity index (χ2v) is 6.26. The number of carbonyl (C=O) groups excluding carboxylic acids is 1. The third-order valence-corrected chi connectivity index (χ3v) is 4.36. The molecule has 0 aliphatic carbocycles. The van der Waals surface area contributed by atoms with Crippen molar-refractivity contribution < 1.29 is 23.0 Å². The molecule has 1 N–H and O–H groups in total. The van der Waals surface area contributed by atoms with Crippen LogP contribution in [-0.2, 0) is 17.9 Å². The second-order valence-electron chi connectivity index (χ2n) is 6.26. The Morgan fingerprint density at radius 3 is 2.40 bits per heavy atom. The van der Waals surface area contributed by atoms with Crippen molar-refractivity contribution in [3.63, 3.8) is 0 Å². The van der Waals surface area contributed by atoms with Crippen LogP contribution in [0.3, 0.4) is 0 Å². The van der Waals surface area contributed by atoms with E-state index in [1.807, 2.05) is 0 Å². The monoisotopic (exact) mass is 415 g/mol. The first-order valence-electron chi connectivity index (χ1n) is 8.93. The second kappa shape index (κ2) is 9.17. The molecule has 1 heterocycles. The van der Waals surface area contributed by atoms with E-state index < -0.39 is 29.6 Å². The largest absolute Gasteiger partial charge is 0.493 e. The fraction of sp³-hybridized carbons (Fsp3) is 0.190. The van der Waals surface area contributed by atoms with Gasteiger partial charge in [-0.2, -0.15) is 5.10 Å². The minimum Gasteiger partial charge on any atom is -0.493 e. The molecule has 0 spiro atoms. The Morgan fingerprint density at radius 2 is 1.73 bits per heavy atom. The smallest absolute Gasteiger partial charge is 0.267 e. The number of amides is 1. The fourth-order valence-corrected chi connectivity index (χ4v) is 2.79. The van der Waals surface area contributed by atoms with Gasteiger partial charge >= 0.3 is 0 Å². The van der Waals surface area contributed by atoms with Crippen molar-refractivity contribution in [3.05, 3.63) is 76.1 Å². The molecule has 7 nitrogen and oxygen atoms in total. The highest BCUT2D eigenvalue weighted by molar-refractivity contribution is 5.75. The van der Waals surface area contributed by atoms with E-state index in [-0.39, 0.29) is 12.1 Å². The highest BCUT2D eigenvalue weighted by Gasteiger charge is 2.13. The number of halogens is 2. The van der Waals surface area contributed by atoms with Crippen molar-refractivity contribution >= 4 is 5.91 Å². The zero-order chi connectivity index (χ0) is 21.7. The Kier molecular flexibility index (Phi) is 6.41. The Hall–Kier alpha value is -3.75. The number of benzene rings is 2. The molecule has 1 aromatic heterocycles. The van der Waals surface area contributed by atoms with Crippen LogP contribution in [0.25, 0.3) is 11.3 Å². The van der Waals surface area contributed by atoms with Crippen LogP contribution >= 0.6 is 0 Å². The van der Waals surface area contributed by atoms with Crippen LogP contribution in [0.2, 0.25) is 0 Å². The third kappa shape index (κ3) is 4.62. The van der Waals surface area contributed by atoms with Gasteiger partial charge in [-0.25, -0.2) is 13.5 Å². The molecular weight excluding hydrogens is 396 g/mol. The van der Waals surface area contributed by atoms with E-state index in [1.165, 1.54) is 32.4 Å². The van der Waals surface area contributed by atoms with Crippen molar-refractivity contribution in [1.82, 2.24) is 15.1 Å². The molecule has 0 saturated carbocycles. The predicted octanol–water partition coefficient (Wildman–Crippen LogP) is 2.52. The molecule has 30 heavy (non-hydrogen) atoms. The van der Waals surface area contributed by atoms with Crippen molar-refractivity contribution in [2.24, 2.45) is 0 Å².